The van der Waals surface area contributed by atoms with Gasteiger partial charge in [-0.05, 0) is 42.3 Å². The lowest BCUT2D eigenvalue weighted by molar-refractivity contribution is 0.597. The summed E-state index contributed by atoms with van der Waals surface area (Å²) in [6.07, 6.45) is 0. The number of benzene rings is 2. The van der Waals surface area contributed by atoms with Crippen molar-refractivity contribution < 1.29 is 8.42 Å². The molecule has 3 N–H and O–H groups in total. The van der Waals surface area contributed by atoms with Gasteiger partial charge in [0, 0.05) is 12.2 Å². The van der Waals surface area contributed by atoms with Gasteiger partial charge in [-0.25, -0.2) is 13.6 Å². The lowest BCUT2D eigenvalue weighted by Gasteiger charge is -2.12. The van der Waals surface area contributed by atoms with Crippen LogP contribution in [0.5, 0.6) is 0 Å². The first kappa shape index (κ1) is 15.0. The fourth-order valence-electron chi connectivity index (χ4n) is 2.06. The number of nitrogens with one attached hydrogen (secondary N) is 1. The van der Waals surface area contributed by atoms with Gasteiger partial charge < -0.3 is 5.32 Å². The number of nitrogens with zero attached hydrogens (tertiary/aromatic N) is 1. The van der Waals surface area contributed by atoms with Crippen LogP contribution >= 0.6 is 0 Å². The van der Waals surface area contributed by atoms with Gasteiger partial charge in [0.2, 0.25) is 10.0 Å². The molecule has 0 aliphatic carbocycles. The molecule has 0 saturated heterocycles. The molecule has 2 rings (SSSR count). The van der Waals surface area contributed by atoms with Gasteiger partial charge in [-0.1, -0.05) is 18.2 Å². The second kappa shape index (κ2) is 5.95. The molecule has 0 aliphatic heterocycles. The molecule has 21 heavy (non-hydrogen) atoms. The zero-order valence-corrected chi connectivity index (χ0v) is 12.3. The third-order valence-corrected chi connectivity index (χ3v) is 4.18. The average molecular weight is 301 g/mol. The topological polar surface area (TPSA) is 96.0 Å². The Morgan fingerprint density at radius 1 is 1.24 bits per heavy atom. The molecule has 0 unspecified atom stereocenters. The van der Waals surface area contributed by atoms with E-state index in [1.54, 1.807) is 31.2 Å². The second-order valence-electron chi connectivity index (χ2n) is 4.64. The highest BCUT2D eigenvalue weighted by atomic mass is 32.2. The van der Waals surface area contributed by atoms with Crippen molar-refractivity contribution in [3.8, 4) is 6.07 Å². The van der Waals surface area contributed by atoms with Crippen LogP contribution in [-0.2, 0) is 16.6 Å². The van der Waals surface area contributed by atoms with Gasteiger partial charge in [0.05, 0.1) is 16.5 Å². The summed E-state index contributed by atoms with van der Waals surface area (Å²) in [4.78, 5) is 0.110. The van der Waals surface area contributed by atoms with Crippen molar-refractivity contribution in [2.45, 2.75) is 18.4 Å². The Kier molecular flexibility index (Phi) is 4.26. The summed E-state index contributed by atoms with van der Waals surface area (Å²) in [6, 6.07) is 14.2. The van der Waals surface area contributed by atoms with Crippen LogP contribution in [0, 0.1) is 18.3 Å². The van der Waals surface area contributed by atoms with E-state index in [2.05, 4.69) is 11.4 Å². The van der Waals surface area contributed by atoms with E-state index < -0.39 is 10.0 Å². The van der Waals surface area contributed by atoms with Crippen LogP contribution < -0.4 is 10.5 Å². The van der Waals surface area contributed by atoms with Gasteiger partial charge in [-0.3, -0.25) is 0 Å². The summed E-state index contributed by atoms with van der Waals surface area (Å²) in [5.74, 6) is 0. The monoisotopic (exact) mass is 301 g/mol. The average Bonchev–Trinajstić information content (AvgIpc) is 2.45. The highest BCUT2D eigenvalue weighted by Crippen LogP contribution is 2.22. The maximum Gasteiger partial charge on any atom is 0.238 e. The molecule has 0 radical (unpaired) electrons. The van der Waals surface area contributed by atoms with E-state index in [4.69, 9.17) is 10.4 Å². The maximum absolute atomic E-state index is 11.5. The first-order valence-electron chi connectivity index (χ1n) is 6.27. The smallest absolute Gasteiger partial charge is 0.238 e. The molecule has 6 heteroatoms. The number of rotatable bonds is 4. The van der Waals surface area contributed by atoms with E-state index in [0.717, 1.165) is 5.56 Å². The molecule has 5 nitrogen and oxygen atoms in total. The number of nitriles is 1. The molecule has 2 aromatic rings. The number of primary sulfonamides is 1. The molecule has 2 aromatic carbocycles. The van der Waals surface area contributed by atoms with Crippen molar-refractivity contribution in [1.82, 2.24) is 0 Å². The van der Waals surface area contributed by atoms with E-state index in [1.807, 2.05) is 12.1 Å². The predicted molar refractivity (Wildman–Crippen MR) is 81.0 cm³/mol. The van der Waals surface area contributed by atoms with Crippen molar-refractivity contribution in [2.24, 2.45) is 5.14 Å². The Labute approximate surface area is 124 Å². The Bertz CT molecular complexity index is 808. The standard InChI is InChI=1S/C15H15N3O2S/c1-11-14(6-3-7-15(11)21(17,19)20)18-10-13-5-2-4-12(8-13)9-16/h2-8,18H,10H2,1H3,(H2,17,19,20). The molecule has 0 spiro atoms. The third kappa shape index (κ3) is 3.60. The molecule has 0 aromatic heterocycles. The van der Waals surface area contributed by atoms with E-state index in [-0.39, 0.29) is 4.90 Å². The van der Waals surface area contributed by atoms with E-state index in [1.165, 1.54) is 6.07 Å². The Morgan fingerprint density at radius 3 is 2.62 bits per heavy atom. The lowest BCUT2D eigenvalue weighted by atomic mass is 10.1. The van der Waals surface area contributed by atoms with Crippen molar-refractivity contribution >= 4 is 15.7 Å². The van der Waals surface area contributed by atoms with E-state index >= 15 is 0 Å². The summed E-state index contributed by atoms with van der Waals surface area (Å²) in [5.41, 5.74) is 2.80. The largest absolute Gasteiger partial charge is 0.381 e. The summed E-state index contributed by atoms with van der Waals surface area (Å²) in [7, 11) is -3.73. The summed E-state index contributed by atoms with van der Waals surface area (Å²) >= 11 is 0. The molecule has 0 aliphatic rings. The minimum Gasteiger partial charge on any atom is -0.381 e. The maximum atomic E-state index is 11.5. The predicted octanol–water partition coefficient (Wildman–Crippen LogP) is 2.13. The van der Waals surface area contributed by atoms with E-state index in [0.29, 0.717) is 23.4 Å². The Hall–Kier alpha value is -2.36. The lowest BCUT2D eigenvalue weighted by Crippen LogP contribution is -2.14. The molecule has 108 valence electrons. The first-order chi connectivity index (χ1) is 9.91. The fourth-order valence-corrected chi connectivity index (χ4v) is 2.87. The summed E-state index contributed by atoms with van der Waals surface area (Å²) < 4.78 is 23.0. The van der Waals surface area contributed by atoms with Crippen molar-refractivity contribution in [3.05, 3.63) is 59.2 Å². The Morgan fingerprint density at radius 2 is 1.95 bits per heavy atom. The van der Waals surface area contributed by atoms with Crippen LogP contribution in [0.2, 0.25) is 0 Å². The van der Waals surface area contributed by atoms with Crippen LogP contribution in [0.4, 0.5) is 5.69 Å². The molecule has 0 amide bonds. The normalized spacial score (nSPS) is 10.9. The third-order valence-electron chi connectivity index (χ3n) is 3.13. The van der Waals surface area contributed by atoms with Crippen molar-refractivity contribution in [2.75, 3.05) is 5.32 Å². The fraction of sp³-hybridized carbons (Fsp3) is 0.133. The first-order valence-corrected chi connectivity index (χ1v) is 7.82. The molecular formula is C15H15N3O2S. The number of nitrogens with two attached hydrogens (primary N) is 1. The highest BCUT2D eigenvalue weighted by Gasteiger charge is 2.13. The number of hydrogen-bond acceptors (Lipinski definition) is 4. The van der Waals surface area contributed by atoms with Gasteiger partial charge in [-0.2, -0.15) is 5.26 Å². The quantitative estimate of drug-likeness (QED) is 0.904. The van der Waals surface area contributed by atoms with Crippen LogP contribution in [-0.4, -0.2) is 8.42 Å². The van der Waals surface area contributed by atoms with Gasteiger partial charge >= 0.3 is 0 Å². The van der Waals surface area contributed by atoms with Crippen molar-refractivity contribution in [1.29, 1.82) is 5.26 Å². The minimum absolute atomic E-state index is 0.110. The number of anilines is 1. The zero-order chi connectivity index (χ0) is 15.5. The van der Waals surface area contributed by atoms with Crippen LogP contribution in [0.1, 0.15) is 16.7 Å². The SMILES string of the molecule is Cc1c(NCc2cccc(C#N)c2)cccc1S(N)(=O)=O. The number of sulfonamides is 1. The minimum atomic E-state index is -3.73. The molecule has 0 fully saturated rings. The molecule has 0 bridgehead atoms. The van der Waals surface area contributed by atoms with Crippen molar-refractivity contribution in [3.63, 3.8) is 0 Å². The van der Waals surface area contributed by atoms with Crippen LogP contribution in [0.25, 0.3) is 0 Å². The molecular weight excluding hydrogens is 286 g/mol. The summed E-state index contributed by atoms with van der Waals surface area (Å²) in [6.45, 7) is 2.19. The van der Waals surface area contributed by atoms with Gasteiger partial charge in [0.25, 0.3) is 0 Å². The Balaban J connectivity index is 2.23. The number of hydrogen-bond donors (Lipinski definition) is 2. The van der Waals surface area contributed by atoms with Crippen LogP contribution in [0.15, 0.2) is 47.4 Å². The van der Waals surface area contributed by atoms with E-state index in [9.17, 15) is 8.42 Å². The van der Waals surface area contributed by atoms with Gasteiger partial charge in [-0.15, -0.1) is 0 Å². The van der Waals surface area contributed by atoms with Gasteiger partial charge in [0.1, 0.15) is 0 Å². The molecule has 0 saturated carbocycles. The summed E-state index contributed by atoms with van der Waals surface area (Å²) in [5, 5.41) is 17.2. The van der Waals surface area contributed by atoms with Gasteiger partial charge in [0.15, 0.2) is 0 Å². The highest BCUT2D eigenvalue weighted by molar-refractivity contribution is 7.89. The zero-order valence-electron chi connectivity index (χ0n) is 11.5. The van der Waals surface area contributed by atoms with Crippen LogP contribution in [0.3, 0.4) is 0 Å². The second-order valence-corrected chi connectivity index (χ2v) is 6.17. The molecule has 0 heterocycles. The molecule has 0 atom stereocenters.